The number of halogens is 4. The van der Waals surface area contributed by atoms with Crippen molar-refractivity contribution in [3.8, 4) is 0 Å². The van der Waals surface area contributed by atoms with Crippen LogP contribution in [-0.2, 0) is 11.0 Å². The van der Waals surface area contributed by atoms with Crippen molar-refractivity contribution in [2.24, 2.45) is 5.92 Å². The van der Waals surface area contributed by atoms with Crippen LogP contribution >= 0.6 is 0 Å². The number of nitrogens with zero attached hydrogens (tertiary/aromatic N) is 2. The van der Waals surface area contributed by atoms with E-state index >= 15 is 0 Å². The van der Waals surface area contributed by atoms with Gasteiger partial charge in [-0.3, -0.25) is 4.79 Å². The van der Waals surface area contributed by atoms with E-state index in [9.17, 15) is 22.4 Å². The lowest BCUT2D eigenvalue weighted by Crippen LogP contribution is -2.15. The summed E-state index contributed by atoms with van der Waals surface area (Å²) in [7, 11) is 0. The van der Waals surface area contributed by atoms with Crippen LogP contribution in [0.4, 0.5) is 46.4 Å². The number of hydrogen-bond donors (Lipinski definition) is 4. The predicted molar refractivity (Wildman–Crippen MR) is 129 cm³/mol. The highest BCUT2D eigenvalue weighted by Crippen LogP contribution is 2.33. The Bertz CT molecular complexity index is 1290. The molecule has 0 aliphatic heterocycles. The minimum absolute atomic E-state index is 0.000401. The third kappa shape index (κ3) is 6.15. The molecule has 1 fully saturated rings. The Kier molecular flexibility index (Phi) is 6.91. The van der Waals surface area contributed by atoms with E-state index in [2.05, 4.69) is 25.9 Å². The third-order valence-corrected chi connectivity index (χ3v) is 5.40. The summed E-state index contributed by atoms with van der Waals surface area (Å²) in [6.45, 7) is 3.47. The van der Waals surface area contributed by atoms with Crippen LogP contribution in [0, 0.1) is 23.1 Å². The summed E-state index contributed by atoms with van der Waals surface area (Å²) in [6, 6.07) is 9.72. The molecule has 0 unspecified atom stereocenters. The Morgan fingerprint density at radius 3 is 2.28 bits per heavy atom. The van der Waals surface area contributed by atoms with E-state index in [1.54, 1.807) is 13.8 Å². The molecule has 1 aromatic heterocycles. The highest BCUT2D eigenvalue weighted by molar-refractivity contribution is 6.06. The second-order valence-corrected chi connectivity index (χ2v) is 8.62. The summed E-state index contributed by atoms with van der Waals surface area (Å²) < 4.78 is 52.7. The van der Waals surface area contributed by atoms with Gasteiger partial charge in [0.2, 0.25) is 11.9 Å². The number of aromatic nitrogens is 2. The van der Waals surface area contributed by atoms with Gasteiger partial charge >= 0.3 is 6.18 Å². The van der Waals surface area contributed by atoms with E-state index in [1.165, 1.54) is 36.4 Å². The maximum Gasteiger partial charge on any atom is 0.416 e. The Labute approximate surface area is 204 Å². The summed E-state index contributed by atoms with van der Waals surface area (Å²) in [5.74, 6) is 0.0936. The largest absolute Gasteiger partial charge is 0.416 e. The lowest BCUT2D eigenvalue weighted by molar-refractivity contribution is -0.137. The van der Waals surface area contributed by atoms with Crippen molar-refractivity contribution in [1.82, 2.24) is 9.97 Å². The summed E-state index contributed by atoms with van der Waals surface area (Å²) in [4.78, 5) is 20.9. The summed E-state index contributed by atoms with van der Waals surface area (Å²) in [5, 5.41) is 16.9. The van der Waals surface area contributed by atoms with Gasteiger partial charge < -0.3 is 21.4 Å². The molecule has 187 valence electrons. The van der Waals surface area contributed by atoms with Gasteiger partial charge in [0.25, 0.3) is 0 Å². The molecule has 1 saturated carbocycles. The molecule has 1 heterocycles. The van der Waals surface area contributed by atoms with Crippen molar-refractivity contribution in [2.45, 2.75) is 32.9 Å². The quantitative estimate of drug-likeness (QED) is 0.211. The summed E-state index contributed by atoms with van der Waals surface area (Å²) in [5.41, 5.74) is 0.464. The van der Waals surface area contributed by atoms with Gasteiger partial charge in [-0.05, 0) is 55.3 Å². The van der Waals surface area contributed by atoms with Gasteiger partial charge in [0.1, 0.15) is 11.6 Å². The average molecular weight is 499 g/mol. The minimum Gasteiger partial charge on any atom is -0.340 e. The van der Waals surface area contributed by atoms with Gasteiger partial charge in [-0.15, -0.1) is 0 Å². The number of alkyl halides is 3. The number of carbonyl (C=O) groups is 1. The average Bonchev–Trinajstić information content (AvgIpc) is 3.65. The molecule has 0 spiro atoms. The zero-order valence-corrected chi connectivity index (χ0v) is 19.4. The number of rotatable bonds is 8. The predicted octanol–water partition coefficient (Wildman–Crippen LogP) is 6.45. The topological polar surface area (TPSA) is 103 Å². The molecule has 1 aliphatic rings. The van der Waals surface area contributed by atoms with Gasteiger partial charge in [-0.1, -0.05) is 13.8 Å². The van der Waals surface area contributed by atoms with Crippen LogP contribution in [0.1, 0.15) is 37.9 Å². The van der Waals surface area contributed by atoms with Crippen LogP contribution in [0.3, 0.4) is 0 Å². The van der Waals surface area contributed by atoms with E-state index in [4.69, 9.17) is 5.41 Å². The number of carbonyl (C=O) groups excluding carboxylic acids is 1. The second kappa shape index (κ2) is 9.92. The molecule has 0 saturated heterocycles. The number of nitrogens with one attached hydrogen (secondary N) is 4. The molecular formula is C25H23F4N6O. The molecule has 4 rings (SSSR count). The maximum absolute atomic E-state index is 14.0. The first-order valence-electron chi connectivity index (χ1n) is 11.1. The molecule has 1 radical (unpaired) electrons. The lowest BCUT2D eigenvalue weighted by Gasteiger charge is -2.15. The van der Waals surface area contributed by atoms with E-state index in [-0.39, 0.29) is 40.7 Å². The van der Waals surface area contributed by atoms with Gasteiger partial charge in [0.15, 0.2) is 0 Å². The van der Waals surface area contributed by atoms with Crippen LogP contribution in [0.5, 0.6) is 0 Å². The second-order valence-electron chi connectivity index (χ2n) is 8.62. The normalized spacial score (nSPS) is 13.4. The molecule has 0 bridgehead atoms. The van der Waals surface area contributed by atoms with E-state index < -0.39 is 17.6 Å². The zero-order valence-electron chi connectivity index (χ0n) is 19.4. The summed E-state index contributed by atoms with van der Waals surface area (Å²) >= 11 is 0. The number of benzene rings is 2. The van der Waals surface area contributed by atoms with Crippen LogP contribution in [-0.4, -0.2) is 21.6 Å². The minimum atomic E-state index is -4.46. The van der Waals surface area contributed by atoms with Crippen molar-refractivity contribution >= 4 is 40.4 Å². The van der Waals surface area contributed by atoms with Crippen LogP contribution in [0.15, 0.2) is 48.5 Å². The fraction of sp³-hybridized carbons (Fsp3) is 0.240. The first kappa shape index (κ1) is 25.1. The van der Waals surface area contributed by atoms with Crippen molar-refractivity contribution in [3.63, 3.8) is 0 Å². The van der Waals surface area contributed by atoms with E-state index in [0.29, 0.717) is 17.3 Å². The molecule has 36 heavy (non-hydrogen) atoms. The molecule has 3 aromatic rings. The van der Waals surface area contributed by atoms with Crippen molar-refractivity contribution in [1.29, 1.82) is 5.41 Å². The van der Waals surface area contributed by atoms with Gasteiger partial charge in [-0.2, -0.15) is 18.2 Å². The van der Waals surface area contributed by atoms with Gasteiger partial charge in [-0.25, -0.2) is 9.37 Å². The van der Waals surface area contributed by atoms with Crippen molar-refractivity contribution in [3.05, 3.63) is 71.5 Å². The summed E-state index contributed by atoms with van der Waals surface area (Å²) in [6.07, 6.45) is -2.86. The Morgan fingerprint density at radius 2 is 1.67 bits per heavy atom. The zero-order chi connectivity index (χ0) is 26.0. The highest BCUT2D eigenvalue weighted by atomic mass is 19.4. The molecule has 1 amide bonds. The van der Waals surface area contributed by atoms with Crippen LogP contribution in [0.2, 0.25) is 0 Å². The number of anilines is 5. The van der Waals surface area contributed by atoms with Crippen LogP contribution < -0.4 is 16.0 Å². The standard InChI is InChI=1S/C25H23F4N6O/c1-13(2)22(30)20-12-21(31-17-8-5-15(6-9-17)25(27,28)29)35-24(34-20)33-19-11-16(26)7-10-18(19)32-23(36)14-3-4-14/h5-12,14,30H,3-4H2,1-2H3,(H,32,36)(H2,31,33,34,35). The van der Waals surface area contributed by atoms with E-state index in [0.717, 1.165) is 25.0 Å². The molecule has 7 nitrogen and oxygen atoms in total. The molecule has 2 aromatic carbocycles. The lowest BCUT2D eigenvalue weighted by atomic mass is 10.1. The molecule has 0 atom stereocenters. The Balaban J connectivity index is 1.65. The number of hydrogen-bond acceptors (Lipinski definition) is 6. The fourth-order valence-electron chi connectivity index (χ4n) is 3.27. The SMILES string of the molecule is C[C](C)C(=N)c1cc(Nc2ccc(C(F)(F)F)cc2)nc(Nc2cc(F)ccc2NC(=O)C2CC2)n1. The van der Waals surface area contributed by atoms with E-state index in [1.807, 2.05) is 0 Å². The molecule has 1 aliphatic carbocycles. The van der Waals surface area contributed by atoms with Gasteiger partial charge in [0, 0.05) is 23.6 Å². The highest BCUT2D eigenvalue weighted by Gasteiger charge is 2.31. The monoisotopic (exact) mass is 499 g/mol. The van der Waals surface area contributed by atoms with Crippen molar-refractivity contribution in [2.75, 3.05) is 16.0 Å². The van der Waals surface area contributed by atoms with Crippen LogP contribution in [0.25, 0.3) is 0 Å². The first-order valence-corrected chi connectivity index (χ1v) is 11.1. The number of amides is 1. The van der Waals surface area contributed by atoms with Crippen molar-refractivity contribution < 1.29 is 22.4 Å². The fourth-order valence-corrected chi connectivity index (χ4v) is 3.27. The molecule has 11 heteroatoms. The Hall–Kier alpha value is -4.02. The third-order valence-electron chi connectivity index (χ3n) is 5.40. The Morgan fingerprint density at radius 1 is 0.972 bits per heavy atom. The molecular weight excluding hydrogens is 476 g/mol. The molecule has 4 N–H and O–H groups in total. The first-order chi connectivity index (χ1) is 17.0. The van der Waals surface area contributed by atoms with Gasteiger partial charge in [0.05, 0.1) is 28.3 Å². The maximum atomic E-state index is 14.0. The smallest absolute Gasteiger partial charge is 0.340 e.